The zero-order valence-corrected chi connectivity index (χ0v) is 11.2. The van der Waals surface area contributed by atoms with Gasteiger partial charge in [-0.2, -0.15) is 0 Å². The third-order valence-electron chi connectivity index (χ3n) is 3.37. The molecule has 20 heavy (non-hydrogen) atoms. The van der Waals surface area contributed by atoms with Gasteiger partial charge in [0.15, 0.2) is 0 Å². The third kappa shape index (κ3) is 2.41. The van der Waals surface area contributed by atoms with E-state index in [9.17, 15) is 14.7 Å². The number of rotatable bonds is 2. The first kappa shape index (κ1) is 14.5. The molecule has 1 aromatic rings. The Labute approximate surface area is 114 Å². The molecule has 3 N–H and O–H groups in total. The zero-order chi connectivity index (χ0) is 14.9. The predicted octanol–water partition coefficient (Wildman–Crippen LogP) is -1.21. The quantitative estimate of drug-likeness (QED) is 0.590. The number of hydrogen-bond acceptors (Lipinski definition) is 5. The van der Waals surface area contributed by atoms with Gasteiger partial charge < -0.3 is 14.9 Å². The first-order valence-corrected chi connectivity index (χ1v) is 6.22. The van der Waals surface area contributed by atoms with Gasteiger partial charge in [-0.1, -0.05) is 12.8 Å². The number of nitrogens with zero attached hydrogens (tertiary/aromatic N) is 1. The van der Waals surface area contributed by atoms with Crippen LogP contribution in [0.4, 0.5) is 0 Å². The summed E-state index contributed by atoms with van der Waals surface area (Å²) in [5, 5.41) is 19.0. The summed E-state index contributed by atoms with van der Waals surface area (Å²) in [7, 11) is 0. The van der Waals surface area contributed by atoms with Gasteiger partial charge in [0.25, 0.3) is 5.56 Å². The average molecular weight is 280 g/mol. The lowest BCUT2D eigenvalue weighted by molar-refractivity contribution is -0.0477. The molecule has 1 fully saturated rings. The Hall–Kier alpha value is -1.88. The van der Waals surface area contributed by atoms with Crippen molar-refractivity contribution in [2.45, 2.75) is 32.3 Å². The normalized spacial score (nSPS) is 29.0. The van der Waals surface area contributed by atoms with E-state index in [2.05, 4.69) is 16.8 Å². The van der Waals surface area contributed by atoms with Gasteiger partial charge >= 0.3 is 5.69 Å². The van der Waals surface area contributed by atoms with E-state index in [4.69, 9.17) is 9.84 Å². The molecule has 4 atom stereocenters. The minimum atomic E-state index is -0.885. The maximum Gasteiger partial charge on any atom is 0.330 e. The van der Waals surface area contributed by atoms with Crippen LogP contribution in [0.2, 0.25) is 0 Å². The van der Waals surface area contributed by atoms with Gasteiger partial charge in [0, 0.05) is 12.1 Å². The lowest BCUT2D eigenvalue weighted by Crippen LogP contribution is -2.35. The number of ether oxygens (including phenoxy) is 1. The molecule has 7 nitrogen and oxygen atoms in total. The van der Waals surface area contributed by atoms with E-state index >= 15 is 0 Å². The van der Waals surface area contributed by atoms with E-state index in [1.165, 1.54) is 10.8 Å². The molecule has 0 aromatic carbocycles. The largest absolute Gasteiger partial charge is 0.394 e. The van der Waals surface area contributed by atoms with Crippen LogP contribution in [0.3, 0.4) is 0 Å². The van der Waals surface area contributed by atoms with Crippen molar-refractivity contribution >= 4 is 0 Å². The SMILES string of the molecule is CC#Cc1cn([C@@H]2O[C@H](CO)[C@@H](O)[C@@H]2C)c(=O)[nH]c1=O. The first-order chi connectivity index (χ1) is 9.49. The van der Waals surface area contributed by atoms with Crippen LogP contribution in [-0.2, 0) is 4.74 Å². The molecular formula is C13H16N2O5. The number of H-pyrrole nitrogens is 1. The van der Waals surface area contributed by atoms with Crippen molar-refractivity contribution < 1.29 is 14.9 Å². The molecule has 1 saturated heterocycles. The maximum atomic E-state index is 11.9. The number of hydrogen-bond donors (Lipinski definition) is 3. The Balaban J connectivity index is 2.47. The summed E-state index contributed by atoms with van der Waals surface area (Å²) in [5.74, 6) is 4.78. The Kier molecular flexibility index (Phi) is 4.09. The number of aliphatic hydroxyl groups is 2. The Bertz CT molecular complexity index is 666. The maximum absolute atomic E-state index is 11.9. The second-order valence-electron chi connectivity index (χ2n) is 4.68. The van der Waals surface area contributed by atoms with E-state index in [1.807, 2.05) is 0 Å². The fourth-order valence-corrected chi connectivity index (χ4v) is 2.26. The molecule has 1 aliphatic rings. The molecule has 2 rings (SSSR count). The monoisotopic (exact) mass is 280 g/mol. The number of aromatic nitrogens is 2. The van der Waals surface area contributed by atoms with Crippen molar-refractivity contribution in [3.8, 4) is 11.8 Å². The lowest BCUT2D eigenvalue weighted by atomic mass is 10.0. The van der Waals surface area contributed by atoms with E-state index < -0.39 is 35.6 Å². The third-order valence-corrected chi connectivity index (χ3v) is 3.37. The molecule has 0 saturated carbocycles. The molecule has 1 aromatic heterocycles. The van der Waals surface area contributed by atoms with Crippen LogP contribution in [0.5, 0.6) is 0 Å². The lowest BCUT2D eigenvalue weighted by Gasteiger charge is -2.18. The van der Waals surface area contributed by atoms with Crippen LogP contribution < -0.4 is 11.2 Å². The summed E-state index contributed by atoms with van der Waals surface area (Å²) in [6.07, 6.45) is -1.09. The highest BCUT2D eigenvalue weighted by Crippen LogP contribution is 2.33. The van der Waals surface area contributed by atoms with Crippen molar-refractivity contribution in [2.75, 3.05) is 6.61 Å². The van der Waals surface area contributed by atoms with E-state index in [1.54, 1.807) is 13.8 Å². The minimum Gasteiger partial charge on any atom is -0.394 e. The Morgan fingerprint density at radius 1 is 1.50 bits per heavy atom. The summed E-state index contributed by atoms with van der Waals surface area (Å²) in [5.41, 5.74) is -1.06. The van der Waals surface area contributed by atoms with Gasteiger partial charge in [0.2, 0.25) is 0 Å². The number of nitrogens with one attached hydrogen (secondary N) is 1. The van der Waals surface area contributed by atoms with Gasteiger partial charge in [-0.25, -0.2) is 4.79 Å². The van der Waals surface area contributed by atoms with Crippen molar-refractivity contribution in [2.24, 2.45) is 5.92 Å². The molecule has 0 bridgehead atoms. The smallest absolute Gasteiger partial charge is 0.330 e. The van der Waals surface area contributed by atoms with Crippen LogP contribution in [0.25, 0.3) is 0 Å². The van der Waals surface area contributed by atoms with Crippen LogP contribution in [0.1, 0.15) is 25.6 Å². The molecule has 0 amide bonds. The van der Waals surface area contributed by atoms with E-state index in [-0.39, 0.29) is 12.2 Å². The zero-order valence-electron chi connectivity index (χ0n) is 11.2. The van der Waals surface area contributed by atoms with Crippen molar-refractivity contribution in [3.63, 3.8) is 0 Å². The topological polar surface area (TPSA) is 105 Å². The van der Waals surface area contributed by atoms with Gasteiger partial charge in [-0.15, -0.1) is 5.92 Å². The summed E-state index contributed by atoms with van der Waals surface area (Å²) >= 11 is 0. The first-order valence-electron chi connectivity index (χ1n) is 6.22. The molecule has 2 heterocycles. The number of aliphatic hydroxyl groups excluding tert-OH is 2. The Morgan fingerprint density at radius 3 is 2.75 bits per heavy atom. The van der Waals surface area contributed by atoms with E-state index in [0.717, 1.165) is 0 Å². The standard InChI is InChI=1S/C13H16N2O5/c1-3-4-8-5-15(13(19)14-11(8)18)12-7(2)10(17)9(6-16)20-12/h5,7,9-10,12,16-17H,6H2,1-2H3,(H,14,18,19)/t7-,9+,10-,12+/m0/s1. The van der Waals surface area contributed by atoms with E-state index in [0.29, 0.717) is 0 Å². The van der Waals surface area contributed by atoms with Crippen molar-refractivity contribution in [1.82, 2.24) is 9.55 Å². The summed E-state index contributed by atoms with van der Waals surface area (Å²) < 4.78 is 6.65. The molecule has 108 valence electrons. The minimum absolute atomic E-state index is 0.143. The van der Waals surface area contributed by atoms with Crippen LogP contribution in [0.15, 0.2) is 15.8 Å². The van der Waals surface area contributed by atoms with Gasteiger partial charge in [-0.05, 0) is 6.92 Å². The molecule has 0 unspecified atom stereocenters. The molecular weight excluding hydrogens is 264 g/mol. The van der Waals surface area contributed by atoms with Crippen LogP contribution >= 0.6 is 0 Å². The molecule has 0 radical (unpaired) electrons. The number of aromatic amines is 1. The molecule has 0 spiro atoms. The highest BCUT2D eigenvalue weighted by molar-refractivity contribution is 5.28. The molecule has 7 heteroatoms. The second kappa shape index (κ2) is 5.63. The van der Waals surface area contributed by atoms with Gasteiger partial charge in [0.1, 0.15) is 17.9 Å². The van der Waals surface area contributed by atoms with Crippen molar-refractivity contribution in [1.29, 1.82) is 0 Å². The van der Waals surface area contributed by atoms with Crippen LogP contribution in [0, 0.1) is 17.8 Å². The fourth-order valence-electron chi connectivity index (χ4n) is 2.26. The second-order valence-corrected chi connectivity index (χ2v) is 4.68. The Morgan fingerprint density at radius 2 is 2.20 bits per heavy atom. The van der Waals surface area contributed by atoms with Gasteiger partial charge in [0.05, 0.1) is 12.7 Å². The molecule has 0 aliphatic carbocycles. The highest BCUT2D eigenvalue weighted by Gasteiger charge is 2.41. The summed E-state index contributed by atoms with van der Waals surface area (Å²) in [4.78, 5) is 25.6. The van der Waals surface area contributed by atoms with Crippen LogP contribution in [-0.4, -0.2) is 38.6 Å². The highest BCUT2D eigenvalue weighted by atomic mass is 16.5. The molecule has 1 aliphatic heterocycles. The predicted molar refractivity (Wildman–Crippen MR) is 70.0 cm³/mol. The average Bonchev–Trinajstić information content (AvgIpc) is 2.70. The summed E-state index contributed by atoms with van der Waals surface area (Å²) in [6, 6.07) is 0. The fraction of sp³-hybridized carbons (Fsp3) is 0.538. The van der Waals surface area contributed by atoms with Gasteiger partial charge in [-0.3, -0.25) is 14.3 Å². The van der Waals surface area contributed by atoms with Crippen molar-refractivity contribution in [3.05, 3.63) is 32.6 Å². The summed E-state index contributed by atoms with van der Waals surface area (Å²) in [6.45, 7) is 2.94.